The molecular formula is C34H22N4O3S. The molecule has 6 rings (SSSR count). The molecular weight excluding hydrogens is 544 g/mol. The first-order valence-electron chi connectivity index (χ1n) is 13.0. The van der Waals surface area contributed by atoms with Gasteiger partial charge in [-0.05, 0) is 65.7 Å². The van der Waals surface area contributed by atoms with Gasteiger partial charge < -0.3 is 15.2 Å². The van der Waals surface area contributed by atoms with Gasteiger partial charge >= 0.3 is 0 Å². The largest absolute Gasteiger partial charge is 0.457 e. The molecule has 0 saturated heterocycles. The fourth-order valence-corrected chi connectivity index (χ4v) is 5.87. The Morgan fingerprint density at radius 3 is 1.74 bits per heavy atom. The third-order valence-corrected chi connectivity index (χ3v) is 7.85. The van der Waals surface area contributed by atoms with E-state index in [4.69, 9.17) is 15.2 Å². The number of benzene rings is 4. The van der Waals surface area contributed by atoms with Gasteiger partial charge in [0.25, 0.3) is 5.56 Å². The number of para-hydroxylation sites is 2. The second-order valence-electron chi connectivity index (χ2n) is 9.39. The summed E-state index contributed by atoms with van der Waals surface area (Å²) in [4.78, 5) is 13.5. The van der Waals surface area contributed by atoms with Crippen molar-refractivity contribution in [2.24, 2.45) is 5.73 Å². The van der Waals surface area contributed by atoms with Crippen molar-refractivity contribution in [1.82, 2.24) is 4.57 Å². The number of hydrogen-bond donors (Lipinski definition) is 1. The van der Waals surface area contributed by atoms with E-state index in [2.05, 4.69) is 12.1 Å². The minimum absolute atomic E-state index is 0.0219. The van der Waals surface area contributed by atoms with E-state index < -0.39 is 5.92 Å². The molecule has 1 aliphatic heterocycles. The second-order valence-corrected chi connectivity index (χ2v) is 10.4. The quantitative estimate of drug-likeness (QED) is 0.293. The SMILES string of the molecule is N#CC1=C(N)n2c(sc(=Cc3ccc(Oc4ccccc4)cc3)c2=O)=C(C#N)C1c1ccc(Oc2ccccc2)cc1. The van der Waals surface area contributed by atoms with Crippen molar-refractivity contribution < 1.29 is 9.47 Å². The van der Waals surface area contributed by atoms with Gasteiger partial charge in [-0.25, -0.2) is 0 Å². The topological polar surface area (TPSA) is 114 Å². The molecule has 8 heteroatoms. The lowest BCUT2D eigenvalue weighted by atomic mass is 9.84. The molecule has 1 unspecified atom stereocenters. The van der Waals surface area contributed by atoms with Crippen LogP contribution in [-0.4, -0.2) is 4.57 Å². The van der Waals surface area contributed by atoms with Gasteiger partial charge in [0.05, 0.1) is 33.7 Å². The van der Waals surface area contributed by atoms with Crippen LogP contribution in [0, 0.1) is 22.7 Å². The van der Waals surface area contributed by atoms with E-state index in [-0.39, 0.29) is 22.5 Å². The highest BCUT2D eigenvalue weighted by molar-refractivity contribution is 7.07. The molecule has 7 nitrogen and oxygen atoms in total. The number of rotatable bonds is 6. The highest BCUT2D eigenvalue weighted by Crippen LogP contribution is 2.36. The molecule has 0 bridgehead atoms. The fourth-order valence-electron chi connectivity index (χ4n) is 4.75. The predicted octanol–water partition coefficient (Wildman–Crippen LogP) is 5.45. The molecule has 2 heterocycles. The van der Waals surface area contributed by atoms with Crippen LogP contribution in [0.5, 0.6) is 23.0 Å². The maximum atomic E-state index is 13.5. The van der Waals surface area contributed by atoms with Crippen LogP contribution in [0.15, 0.2) is 120 Å². The van der Waals surface area contributed by atoms with E-state index in [9.17, 15) is 15.3 Å². The zero-order valence-corrected chi connectivity index (χ0v) is 22.9. The maximum absolute atomic E-state index is 13.5. The lowest BCUT2D eigenvalue weighted by Gasteiger charge is -2.22. The van der Waals surface area contributed by atoms with Crippen LogP contribution in [0.1, 0.15) is 17.0 Å². The maximum Gasteiger partial charge on any atom is 0.274 e. The number of nitrogens with two attached hydrogens (primary N) is 1. The number of thiazole rings is 1. The number of ether oxygens (including phenoxy) is 2. The summed E-state index contributed by atoms with van der Waals surface area (Å²) in [6, 6.07) is 37.7. The van der Waals surface area contributed by atoms with Gasteiger partial charge in [0, 0.05) is 0 Å². The van der Waals surface area contributed by atoms with Gasteiger partial charge in [-0.3, -0.25) is 9.36 Å². The Morgan fingerprint density at radius 1 is 0.714 bits per heavy atom. The van der Waals surface area contributed by atoms with Gasteiger partial charge in [-0.1, -0.05) is 60.7 Å². The Labute approximate surface area is 245 Å². The molecule has 2 N–H and O–H groups in total. The van der Waals surface area contributed by atoms with Crippen LogP contribution in [0.4, 0.5) is 0 Å². The van der Waals surface area contributed by atoms with Gasteiger partial charge in [0.15, 0.2) is 0 Å². The summed E-state index contributed by atoms with van der Waals surface area (Å²) >= 11 is 1.17. The molecule has 0 fully saturated rings. The van der Waals surface area contributed by atoms with Crippen molar-refractivity contribution in [3.8, 4) is 35.1 Å². The molecule has 1 aromatic heterocycles. The number of aromatic nitrogens is 1. The summed E-state index contributed by atoms with van der Waals surface area (Å²) in [5, 5.41) is 20.3. The molecule has 4 aromatic carbocycles. The van der Waals surface area contributed by atoms with Crippen molar-refractivity contribution >= 4 is 28.8 Å². The summed E-state index contributed by atoms with van der Waals surface area (Å²) in [5.74, 6) is 1.99. The smallest absolute Gasteiger partial charge is 0.274 e. The minimum atomic E-state index is -0.717. The molecule has 202 valence electrons. The number of fused-ring (bicyclic) bond motifs is 1. The highest BCUT2D eigenvalue weighted by Gasteiger charge is 2.32. The first-order valence-corrected chi connectivity index (χ1v) is 13.8. The third-order valence-electron chi connectivity index (χ3n) is 6.74. The molecule has 0 saturated carbocycles. The summed E-state index contributed by atoms with van der Waals surface area (Å²) < 4.78 is 13.8. The number of allylic oxidation sites excluding steroid dienone is 1. The highest BCUT2D eigenvalue weighted by atomic mass is 32.1. The molecule has 5 aromatic rings. The van der Waals surface area contributed by atoms with Crippen molar-refractivity contribution in [2.45, 2.75) is 5.92 Å². The molecule has 0 amide bonds. The summed E-state index contributed by atoms with van der Waals surface area (Å²) in [7, 11) is 0. The van der Waals surface area contributed by atoms with Gasteiger partial charge in [0.1, 0.15) is 33.5 Å². The predicted molar refractivity (Wildman–Crippen MR) is 162 cm³/mol. The van der Waals surface area contributed by atoms with Crippen LogP contribution in [0.25, 0.3) is 17.5 Å². The van der Waals surface area contributed by atoms with Crippen LogP contribution in [-0.2, 0) is 0 Å². The van der Waals surface area contributed by atoms with Gasteiger partial charge in [-0.2, -0.15) is 10.5 Å². The van der Waals surface area contributed by atoms with Gasteiger partial charge in [-0.15, -0.1) is 11.3 Å². The Bertz CT molecular complexity index is 2070. The van der Waals surface area contributed by atoms with E-state index in [1.54, 1.807) is 30.3 Å². The van der Waals surface area contributed by atoms with E-state index in [1.165, 1.54) is 15.9 Å². The van der Waals surface area contributed by atoms with E-state index in [0.29, 0.717) is 32.0 Å². The van der Waals surface area contributed by atoms with Crippen LogP contribution in [0.3, 0.4) is 0 Å². The van der Waals surface area contributed by atoms with Gasteiger partial charge in [0.2, 0.25) is 0 Å². The Hall–Kier alpha value is -5.83. The number of hydrogen-bond acceptors (Lipinski definition) is 7. The van der Waals surface area contributed by atoms with E-state index >= 15 is 0 Å². The fraction of sp³-hybridized carbons (Fsp3) is 0.0294. The summed E-state index contributed by atoms with van der Waals surface area (Å²) in [6.45, 7) is 0. The zero-order chi connectivity index (χ0) is 29.1. The second kappa shape index (κ2) is 11.3. The normalized spacial score (nSPS) is 14.6. The molecule has 1 aliphatic rings. The standard InChI is InChI=1S/C34H22N4O3S/c35-20-28-31(23-13-17-27(18-14-23)41-25-9-5-2-6-10-25)29(21-36)34-38(32(28)37)33(39)30(42-34)19-22-11-15-26(16-12-22)40-24-7-3-1-4-8-24/h1-19,31H,37H2. The van der Waals surface area contributed by atoms with E-state index in [1.807, 2.05) is 84.9 Å². The minimum Gasteiger partial charge on any atom is -0.457 e. The molecule has 42 heavy (non-hydrogen) atoms. The molecule has 0 radical (unpaired) electrons. The van der Waals surface area contributed by atoms with Crippen LogP contribution >= 0.6 is 11.3 Å². The van der Waals surface area contributed by atoms with Crippen molar-refractivity contribution in [1.29, 1.82) is 10.5 Å². The number of nitriles is 2. The summed E-state index contributed by atoms with van der Waals surface area (Å²) in [6.07, 6.45) is 1.74. The van der Waals surface area contributed by atoms with Crippen molar-refractivity contribution in [3.63, 3.8) is 0 Å². The Morgan fingerprint density at radius 2 is 1.21 bits per heavy atom. The van der Waals surface area contributed by atoms with Crippen molar-refractivity contribution in [2.75, 3.05) is 0 Å². The lowest BCUT2D eigenvalue weighted by molar-refractivity contribution is 0.482. The summed E-state index contributed by atoms with van der Waals surface area (Å²) in [5.41, 5.74) is 7.94. The van der Waals surface area contributed by atoms with Crippen LogP contribution in [0.2, 0.25) is 0 Å². The van der Waals surface area contributed by atoms with Crippen LogP contribution < -0.4 is 30.0 Å². The first-order chi connectivity index (χ1) is 20.6. The molecule has 0 spiro atoms. The lowest BCUT2D eigenvalue weighted by Crippen LogP contribution is -2.38. The first kappa shape index (κ1) is 26.4. The monoisotopic (exact) mass is 566 g/mol. The third kappa shape index (κ3) is 5.06. The van der Waals surface area contributed by atoms with Crippen molar-refractivity contribution in [3.05, 3.63) is 145 Å². The average molecular weight is 567 g/mol. The average Bonchev–Trinajstić information content (AvgIpc) is 3.35. The number of nitrogens with zero attached hydrogens (tertiary/aromatic N) is 3. The Kier molecular flexibility index (Phi) is 7.13. The zero-order valence-electron chi connectivity index (χ0n) is 22.1. The Balaban J connectivity index is 1.37. The molecule has 1 atom stereocenters. The van der Waals surface area contributed by atoms with E-state index in [0.717, 1.165) is 11.3 Å². The molecule has 0 aliphatic carbocycles.